The van der Waals surface area contributed by atoms with E-state index in [1.165, 1.54) is 24.8 Å². The van der Waals surface area contributed by atoms with Crippen molar-refractivity contribution in [1.82, 2.24) is 0 Å². The van der Waals surface area contributed by atoms with Crippen LogP contribution in [0.25, 0.3) is 0 Å². The molecule has 0 heteroatoms. The van der Waals surface area contributed by atoms with Crippen molar-refractivity contribution in [2.75, 3.05) is 0 Å². The van der Waals surface area contributed by atoms with Gasteiger partial charge in [-0.25, -0.2) is 0 Å². The third kappa shape index (κ3) is 1.88. The highest BCUT2D eigenvalue weighted by Gasteiger charge is 2.11. The first-order chi connectivity index (χ1) is 5.81. The molecule has 0 aliphatic heterocycles. The topological polar surface area (TPSA) is 0 Å². The Morgan fingerprint density at radius 3 is 2.67 bits per heavy atom. The van der Waals surface area contributed by atoms with Crippen LogP contribution >= 0.6 is 0 Å². The number of hydrogen-bond acceptors (Lipinski definition) is 0. The van der Waals surface area contributed by atoms with Crippen molar-refractivity contribution in [3.63, 3.8) is 0 Å². The zero-order valence-corrected chi connectivity index (χ0v) is 8.19. The van der Waals surface area contributed by atoms with Crippen LogP contribution in [-0.4, -0.2) is 0 Å². The van der Waals surface area contributed by atoms with Crippen LogP contribution < -0.4 is 0 Å². The van der Waals surface area contributed by atoms with E-state index in [1.807, 2.05) is 6.08 Å². The Bertz CT molecular complexity index is 228. The highest BCUT2D eigenvalue weighted by Crippen LogP contribution is 2.31. The van der Waals surface area contributed by atoms with E-state index in [0.29, 0.717) is 0 Å². The Morgan fingerprint density at radius 2 is 2.17 bits per heavy atom. The van der Waals surface area contributed by atoms with Gasteiger partial charge in [0.1, 0.15) is 0 Å². The molecule has 12 heavy (non-hydrogen) atoms. The molecule has 0 radical (unpaired) electrons. The maximum absolute atomic E-state index is 3.78. The first kappa shape index (κ1) is 9.31. The smallest absolute Gasteiger partial charge is 0.00995 e. The van der Waals surface area contributed by atoms with E-state index in [-0.39, 0.29) is 0 Å². The van der Waals surface area contributed by atoms with Gasteiger partial charge in [0.2, 0.25) is 0 Å². The van der Waals surface area contributed by atoms with Crippen LogP contribution in [0.15, 0.2) is 35.5 Å². The first-order valence-electron chi connectivity index (χ1n) is 4.83. The summed E-state index contributed by atoms with van der Waals surface area (Å²) in [7, 11) is 0. The van der Waals surface area contributed by atoms with Crippen molar-refractivity contribution in [2.24, 2.45) is 0 Å². The van der Waals surface area contributed by atoms with Crippen LogP contribution in [0.2, 0.25) is 0 Å². The molecule has 0 atom stereocenters. The molecule has 0 heterocycles. The summed E-state index contributed by atoms with van der Waals surface area (Å²) in [4.78, 5) is 0. The third-order valence-corrected chi connectivity index (χ3v) is 2.52. The molecule has 1 rings (SSSR count). The summed E-state index contributed by atoms with van der Waals surface area (Å²) in [5, 5.41) is 0. The monoisotopic (exact) mass is 162 g/mol. The van der Waals surface area contributed by atoms with E-state index in [2.05, 4.69) is 26.5 Å². The summed E-state index contributed by atoms with van der Waals surface area (Å²) in [5.74, 6) is 0. The molecule has 0 bridgehead atoms. The van der Waals surface area contributed by atoms with Crippen molar-refractivity contribution >= 4 is 0 Å². The van der Waals surface area contributed by atoms with Gasteiger partial charge in [0.25, 0.3) is 0 Å². The van der Waals surface area contributed by atoms with E-state index in [9.17, 15) is 0 Å². The fourth-order valence-electron chi connectivity index (χ4n) is 1.73. The van der Waals surface area contributed by atoms with Gasteiger partial charge in [0.05, 0.1) is 0 Å². The summed E-state index contributed by atoms with van der Waals surface area (Å²) < 4.78 is 0. The van der Waals surface area contributed by atoms with E-state index in [4.69, 9.17) is 0 Å². The van der Waals surface area contributed by atoms with E-state index in [1.54, 1.807) is 11.1 Å². The predicted molar refractivity (Wildman–Crippen MR) is 55.1 cm³/mol. The Kier molecular flexibility index (Phi) is 3.33. The van der Waals surface area contributed by atoms with Crippen molar-refractivity contribution in [3.05, 3.63) is 35.5 Å². The maximum Gasteiger partial charge on any atom is -0.00995 e. The zero-order chi connectivity index (χ0) is 8.97. The number of allylic oxidation sites excluding steroid dienone is 5. The number of rotatable bonds is 4. The summed E-state index contributed by atoms with van der Waals surface area (Å²) in [6.07, 6.45) is 9.02. The molecular formula is C12H18. The van der Waals surface area contributed by atoms with Gasteiger partial charge in [0.15, 0.2) is 0 Å². The molecule has 0 fully saturated rings. The van der Waals surface area contributed by atoms with Crippen molar-refractivity contribution in [2.45, 2.75) is 39.5 Å². The Balaban J connectivity index is 2.72. The van der Waals surface area contributed by atoms with Crippen molar-refractivity contribution in [3.8, 4) is 0 Å². The average Bonchev–Trinajstić information content (AvgIpc) is 2.48. The van der Waals surface area contributed by atoms with Crippen molar-refractivity contribution in [1.29, 1.82) is 0 Å². The summed E-state index contributed by atoms with van der Waals surface area (Å²) in [6.45, 7) is 8.25. The van der Waals surface area contributed by atoms with Crippen LogP contribution in [0.3, 0.4) is 0 Å². The minimum atomic E-state index is 1.05. The molecular weight excluding hydrogens is 144 g/mol. The van der Waals surface area contributed by atoms with E-state index in [0.717, 1.165) is 6.42 Å². The van der Waals surface area contributed by atoms with Gasteiger partial charge in [-0.3, -0.25) is 0 Å². The summed E-state index contributed by atoms with van der Waals surface area (Å²) >= 11 is 0. The van der Waals surface area contributed by atoms with Crippen LogP contribution in [0.1, 0.15) is 39.5 Å². The number of hydrogen-bond donors (Lipinski definition) is 0. The van der Waals surface area contributed by atoms with Gasteiger partial charge >= 0.3 is 0 Å². The third-order valence-electron chi connectivity index (χ3n) is 2.52. The minimum Gasteiger partial charge on any atom is -0.103 e. The van der Waals surface area contributed by atoms with Gasteiger partial charge in [-0.15, -0.1) is 6.58 Å². The van der Waals surface area contributed by atoms with E-state index >= 15 is 0 Å². The highest BCUT2D eigenvalue weighted by atomic mass is 14.2. The molecule has 0 aromatic rings. The van der Waals surface area contributed by atoms with Crippen LogP contribution in [0, 0.1) is 0 Å². The second kappa shape index (κ2) is 4.30. The molecule has 1 aliphatic rings. The lowest BCUT2D eigenvalue weighted by molar-refractivity contribution is 0.951. The van der Waals surface area contributed by atoms with E-state index < -0.39 is 0 Å². The average molecular weight is 162 g/mol. The quantitative estimate of drug-likeness (QED) is 0.548. The molecule has 66 valence electrons. The standard InChI is InChI=1S/C12H18/c1-4-7-12-9-10(5-2)8-11(12)6-3/h4,9H,1,5-8H2,2-3H3. The molecule has 0 aromatic carbocycles. The zero-order valence-electron chi connectivity index (χ0n) is 8.19. The lowest BCUT2D eigenvalue weighted by Gasteiger charge is -2.00. The highest BCUT2D eigenvalue weighted by molar-refractivity contribution is 5.39. The maximum atomic E-state index is 3.78. The molecule has 0 amide bonds. The van der Waals surface area contributed by atoms with Crippen molar-refractivity contribution < 1.29 is 0 Å². The molecule has 0 saturated carbocycles. The summed E-state index contributed by atoms with van der Waals surface area (Å²) in [5.41, 5.74) is 4.72. The van der Waals surface area contributed by atoms with Crippen LogP contribution in [-0.2, 0) is 0 Å². The molecule has 0 unspecified atom stereocenters. The second-order valence-corrected chi connectivity index (χ2v) is 3.31. The fraction of sp³-hybridized carbons (Fsp3) is 0.500. The lowest BCUT2D eigenvalue weighted by atomic mass is 10.0. The summed E-state index contributed by atoms with van der Waals surface area (Å²) in [6, 6.07) is 0. The molecule has 1 aliphatic carbocycles. The van der Waals surface area contributed by atoms with Gasteiger partial charge in [-0.1, -0.05) is 37.1 Å². The molecule has 0 aromatic heterocycles. The largest absolute Gasteiger partial charge is 0.103 e. The molecule has 0 saturated heterocycles. The SMILES string of the molecule is C=CCC1=C(CC)CC(CC)=C1. The Morgan fingerprint density at radius 1 is 1.42 bits per heavy atom. The molecule has 0 nitrogen and oxygen atoms in total. The normalized spacial score (nSPS) is 16.7. The Hall–Kier alpha value is -0.780. The predicted octanol–water partition coefficient (Wildman–Crippen LogP) is 4.01. The van der Waals surface area contributed by atoms with Gasteiger partial charge < -0.3 is 0 Å². The lowest BCUT2D eigenvalue weighted by Crippen LogP contribution is -1.81. The van der Waals surface area contributed by atoms with Gasteiger partial charge in [-0.2, -0.15) is 0 Å². The molecule has 0 N–H and O–H groups in total. The first-order valence-corrected chi connectivity index (χ1v) is 4.83. The second-order valence-electron chi connectivity index (χ2n) is 3.31. The fourth-order valence-corrected chi connectivity index (χ4v) is 1.73. The van der Waals surface area contributed by atoms with Crippen LogP contribution in [0.4, 0.5) is 0 Å². The van der Waals surface area contributed by atoms with Gasteiger partial charge in [0, 0.05) is 0 Å². The van der Waals surface area contributed by atoms with Crippen LogP contribution in [0.5, 0.6) is 0 Å². The molecule has 0 spiro atoms. The minimum absolute atomic E-state index is 1.05. The Labute approximate surface area is 75.7 Å². The van der Waals surface area contributed by atoms with Gasteiger partial charge in [-0.05, 0) is 31.3 Å².